The van der Waals surface area contributed by atoms with Crippen molar-refractivity contribution < 1.29 is 4.79 Å². The van der Waals surface area contributed by atoms with E-state index in [0.717, 1.165) is 13.0 Å². The summed E-state index contributed by atoms with van der Waals surface area (Å²) in [5.74, 6) is -0.125. The predicted molar refractivity (Wildman–Crippen MR) is 65.2 cm³/mol. The van der Waals surface area contributed by atoms with Gasteiger partial charge in [0.2, 0.25) is 0 Å². The molecule has 0 saturated carbocycles. The summed E-state index contributed by atoms with van der Waals surface area (Å²) in [6.07, 6.45) is 7.30. The number of ketones is 1. The van der Waals surface area contributed by atoms with Crippen LogP contribution in [-0.2, 0) is 6.54 Å². The van der Waals surface area contributed by atoms with Gasteiger partial charge in [0, 0.05) is 30.7 Å². The lowest BCUT2D eigenvalue weighted by Crippen LogP contribution is -2.01. The second-order valence-corrected chi connectivity index (χ2v) is 4.08. The number of nitrogens with zero attached hydrogens (tertiary/aromatic N) is 3. The minimum absolute atomic E-state index is 0.125. The first-order valence-electron chi connectivity index (χ1n) is 5.39. The summed E-state index contributed by atoms with van der Waals surface area (Å²) in [4.78, 5) is 16.0. The zero-order chi connectivity index (χ0) is 12.3. The first-order valence-corrected chi connectivity index (χ1v) is 5.77. The Balaban J connectivity index is 2.28. The average molecular weight is 250 g/mol. The number of rotatable bonds is 4. The van der Waals surface area contributed by atoms with Gasteiger partial charge in [-0.2, -0.15) is 5.10 Å². The third-order valence-electron chi connectivity index (χ3n) is 2.37. The second-order valence-electron chi connectivity index (χ2n) is 3.68. The fraction of sp³-hybridized carbons (Fsp3) is 0.250. The molecular formula is C12H12ClN3O. The van der Waals surface area contributed by atoms with Gasteiger partial charge < -0.3 is 0 Å². The summed E-state index contributed by atoms with van der Waals surface area (Å²) in [6.45, 7) is 2.86. The van der Waals surface area contributed by atoms with Crippen LogP contribution in [0, 0.1) is 0 Å². The van der Waals surface area contributed by atoms with E-state index in [-0.39, 0.29) is 5.78 Å². The van der Waals surface area contributed by atoms with E-state index in [1.807, 2.05) is 0 Å². The van der Waals surface area contributed by atoms with Gasteiger partial charge in [-0.3, -0.25) is 14.5 Å². The van der Waals surface area contributed by atoms with E-state index in [4.69, 9.17) is 11.6 Å². The van der Waals surface area contributed by atoms with Gasteiger partial charge in [-0.15, -0.1) is 0 Å². The van der Waals surface area contributed by atoms with Gasteiger partial charge >= 0.3 is 0 Å². The summed E-state index contributed by atoms with van der Waals surface area (Å²) in [7, 11) is 0. The monoisotopic (exact) mass is 249 g/mol. The topological polar surface area (TPSA) is 47.8 Å². The molecule has 0 aliphatic heterocycles. The Morgan fingerprint density at radius 3 is 3.00 bits per heavy atom. The molecule has 17 heavy (non-hydrogen) atoms. The molecule has 0 unspecified atom stereocenters. The lowest BCUT2D eigenvalue weighted by molar-refractivity contribution is 0.103. The molecule has 0 N–H and O–H groups in total. The normalized spacial score (nSPS) is 10.5. The zero-order valence-electron chi connectivity index (χ0n) is 9.43. The second kappa shape index (κ2) is 5.10. The first kappa shape index (κ1) is 11.8. The Kier molecular flexibility index (Phi) is 3.54. The molecule has 0 bridgehead atoms. The van der Waals surface area contributed by atoms with Crippen molar-refractivity contribution in [3.8, 4) is 0 Å². The fourth-order valence-electron chi connectivity index (χ4n) is 1.55. The van der Waals surface area contributed by atoms with E-state index >= 15 is 0 Å². The smallest absolute Gasteiger partial charge is 0.197 e. The van der Waals surface area contributed by atoms with E-state index in [9.17, 15) is 4.79 Å². The summed E-state index contributed by atoms with van der Waals surface area (Å²) < 4.78 is 1.75. The zero-order valence-corrected chi connectivity index (χ0v) is 10.2. The van der Waals surface area contributed by atoms with Gasteiger partial charge in [-0.1, -0.05) is 18.5 Å². The molecule has 5 heteroatoms. The molecule has 2 heterocycles. The standard InChI is InChI=1S/C12H12ClN3O/c1-2-5-16-8-9(6-15-16)12(17)10-3-4-14-7-11(10)13/h3-4,6-8H,2,5H2,1H3. The fourth-order valence-corrected chi connectivity index (χ4v) is 1.75. The number of hydrogen-bond donors (Lipinski definition) is 0. The minimum Gasteiger partial charge on any atom is -0.288 e. The Hall–Kier alpha value is -1.68. The Morgan fingerprint density at radius 2 is 2.29 bits per heavy atom. The van der Waals surface area contributed by atoms with E-state index in [1.165, 1.54) is 6.20 Å². The quantitative estimate of drug-likeness (QED) is 0.783. The number of pyridine rings is 1. The Labute approximate surface area is 104 Å². The molecule has 0 radical (unpaired) electrons. The van der Waals surface area contributed by atoms with Gasteiger partial charge in [0.25, 0.3) is 0 Å². The van der Waals surface area contributed by atoms with Crippen molar-refractivity contribution in [2.24, 2.45) is 0 Å². The van der Waals surface area contributed by atoms with Crippen molar-refractivity contribution in [1.82, 2.24) is 14.8 Å². The number of carbonyl (C=O) groups is 1. The molecule has 0 atom stereocenters. The van der Waals surface area contributed by atoms with Crippen LogP contribution in [-0.4, -0.2) is 20.5 Å². The number of carbonyl (C=O) groups excluding carboxylic acids is 1. The highest BCUT2D eigenvalue weighted by molar-refractivity contribution is 6.34. The van der Waals surface area contributed by atoms with Gasteiger partial charge in [0.15, 0.2) is 5.78 Å². The Morgan fingerprint density at radius 1 is 1.47 bits per heavy atom. The van der Waals surface area contributed by atoms with Crippen LogP contribution < -0.4 is 0 Å². The van der Waals surface area contributed by atoms with Gasteiger partial charge in [-0.25, -0.2) is 0 Å². The van der Waals surface area contributed by atoms with Gasteiger partial charge in [-0.05, 0) is 12.5 Å². The number of hydrogen-bond acceptors (Lipinski definition) is 3. The maximum atomic E-state index is 12.1. The average Bonchev–Trinajstić information content (AvgIpc) is 2.78. The molecule has 0 aliphatic rings. The molecule has 0 aromatic carbocycles. The summed E-state index contributed by atoms with van der Waals surface area (Å²) >= 11 is 5.93. The van der Waals surface area contributed by atoms with Crippen molar-refractivity contribution in [2.75, 3.05) is 0 Å². The molecule has 4 nitrogen and oxygen atoms in total. The van der Waals surface area contributed by atoms with Crippen molar-refractivity contribution in [1.29, 1.82) is 0 Å². The largest absolute Gasteiger partial charge is 0.288 e. The molecule has 0 fully saturated rings. The van der Waals surface area contributed by atoms with E-state index in [1.54, 1.807) is 29.3 Å². The maximum absolute atomic E-state index is 12.1. The van der Waals surface area contributed by atoms with Crippen LogP contribution in [0.15, 0.2) is 30.9 Å². The third kappa shape index (κ3) is 2.53. The highest BCUT2D eigenvalue weighted by Crippen LogP contribution is 2.17. The number of halogens is 1. The highest BCUT2D eigenvalue weighted by atomic mass is 35.5. The van der Waals surface area contributed by atoms with Crippen LogP contribution >= 0.6 is 11.6 Å². The van der Waals surface area contributed by atoms with Gasteiger partial charge in [0.05, 0.1) is 16.8 Å². The lowest BCUT2D eigenvalue weighted by Gasteiger charge is -1.99. The van der Waals surface area contributed by atoms with Crippen molar-refractivity contribution >= 4 is 17.4 Å². The van der Waals surface area contributed by atoms with Crippen molar-refractivity contribution in [2.45, 2.75) is 19.9 Å². The summed E-state index contributed by atoms with van der Waals surface area (Å²) in [6, 6.07) is 1.61. The van der Waals surface area contributed by atoms with Crippen LogP contribution in [0.25, 0.3) is 0 Å². The molecule has 2 aromatic rings. The van der Waals surface area contributed by atoms with E-state index in [2.05, 4.69) is 17.0 Å². The maximum Gasteiger partial charge on any atom is 0.197 e. The minimum atomic E-state index is -0.125. The molecule has 88 valence electrons. The molecular weight excluding hydrogens is 238 g/mol. The predicted octanol–water partition coefficient (Wildman–Crippen LogP) is 2.57. The summed E-state index contributed by atoms with van der Waals surface area (Å²) in [5.41, 5.74) is 1.00. The van der Waals surface area contributed by atoms with Crippen LogP contribution in [0.3, 0.4) is 0 Å². The Bertz CT molecular complexity index is 536. The van der Waals surface area contributed by atoms with E-state index in [0.29, 0.717) is 16.1 Å². The molecule has 0 aliphatic carbocycles. The number of aromatic nitrogens is 3. The molecule has 2 aromatic heterocycles. The summed E-state index contributed by atoms with van der Waals surface area (Å²) in [5, 5.41) is 4.48. The third-order valence-corrected chi connectivity index (χ3v) is 2.67. The highest BCUT2D eigenvalue weighted by Gasteiger charge is 2.14. The molecule has 2 rings (SSSR count). The first-order chi connectivity index (χ1) is 8.22. The van der Waals surface area contributed by atoms with Gasteiger partial charge in [0.1, 0.15) is 0 Å². The van der Waals surface area contributed by atoms with Crippen LogP contribution in [0.1, 0.15) is 29.3 Å². The van der Waals surface area contributed by atoms with Crippen LogP contribution in [0.4, 0.5) is 0 Å². The van der Waals surface area contributed by atoms with Crippen molar-refractivity contribution in [3.63, 3.8) is 0 Å². The van der Waals surface area contributed by atoms with Crippen LogP contribution in [0.5, 0.6) is 0 Å². The molecule has 0 spiro atoms. The lowest BCUT2D eigenvalue weighted by atomic mass is 10.1. The van der Waals surface area contributed by atoms with Crippen LogP contribution in [0.2, 0.25) is 5.02 Å². The SMILES string of the molecule is CCCn1cc(C(=O)c2ccncc2Cl)cn1. The molecule has 0 amide bonds. The number of aryl methyl sites for hydroxylation is 1. The molecule has 0 saturated heterocycles. The van der Waals surface area contributed by atoms with E-state index < -0.39 is 0 Å². The van der Waals surface area contributed by atoms with Crippen molar-refractivity contribution in [3.05, 3.63) is 47.0 Å².